The van der Waals surface area contributed by atoms with E-state index >= 15 is 0 Å². The van der Waals surface area contributed by atoms with Crippen molar-refractivity contribution in [1.82, 2.24) is 10.2 Å². The number of anilines is 1. The standard InChI is InChI=1S/C29H33Cl2N3O4S/c1-4-5-14-32-29(36)22(3)33(19-23-11-9-10-21(2)15-23)28(35)20-34(26-17-24(30)16-25(31)18-26)39(37,38)27-12-7-6-8-13-27/h6-13,15-18,22H,4-5,14,19-20H2,1-3H3,(H,32,36)/t22-/m1/s1. The number of sulfonamides is 1. The Morgan fingerprint density at radius 2 is 1.62 bits per heavy atom. The Labute approximate surface area is 240 Å². The van der Waals surface area contributed by atoms with Crippen molar-refractivity contribution in [2.45, 2.75) is 51.1 Å². The number of nitrogens with one attached hydrogen (secondary N) is 1. The Hall–Kier alpha value is -3.07. The first-order chi connectivity index (χ1) is 18.5. The number of unbranched alkanes of at least 4 members (excludes halogenated alkanes) is 1. The minimum Gasteiger partial charge on any atom is -0.354 e. The fourth-order valence-corrected chi connectivity index (χ4v) is 5.99. The van der Waals surface area contributed by atoms with Crippen LogP contribution in [-0.4, -0.2) is 44.3 Å². The molecule has 0 aliphatic heterocycles. The van der Waals surface area contributed by atoms with Gasteiger partial charge in [-0.25, -0.2) is 8.42 Å². The average Bonchev–Trinajstić information content (AvgIpc) is 2.89. The summed E-state index contributed by atoms with van der Waals surface area (Å²) in [4.78, 5) is 28.3. The van der Waals surface area contributed by atoms with Crippen LogP contribution in [0, 0.1) is 6.92 Å². The van der Waals surface area contributed by atoms with Gasteiger partial charge in [0.1, 0.15) is 12.6 Å². The Bertz CT molecular complexity index is 1380. The number of aryl methyl sites for hydroxylation is 1. The Balaban J connectivity index is 2.02. The van der Waals surface area contributed by atoms with Crippen LogP contribution in [-0.2, 0) is 26.2 Å². The first-order valence-electron chi connectivity index (χ1n) is 12.7. The maximum atomic E-state index is 13.9. The highest BCUT2D eigenvalue weighted by molar-refractivity contribution is 7.92. The number of carbonyl (C=O) groups excluding carboxylic acids is 2. The monoisotopic (exact) mass is 589 g/mol. The molecule has 10 heteroatoms. The number of carbonyl (C=O) groups is 2. The van der Waals surface area contributed by atoms with Gasteiger partial charge in [-0.05, 0) is 56.2 Å². The highest BCUT2D eigenvalue weighted by atomic mass is 35.5. The Morgan fingerprint density at radius 3 is 2.23 bits per heavy atom. The molecule has 0 aliphatic carbocycles. The van der Waals surface area contributed by atoms with E-state index in [9.17, 15) is 18.0 Å². The molecular formula is C29H33Cl2N3O4S. The average molecular weight is 591 g/mol. The molecule has 0 bridgehead atoms. The van der Waals surface area contributed by atoms with E-state index in [1.54, 1.807) is 25.1 Å². The molecule has 0 fully saturated rings. The van der Waals surface area contributed by atoms with Crippen molar-refractivity contribution in [2.24, 2.45) is 0 Å². The molecule has 3 aromatic rings. The molecule has 0 saturated heterocycles. The number of hydrogen-bond donors (Lipinski definition) is 1. The van der Waals surface area contributed by atoms with Gasteiger partial charge in [0, 0.05) is 23.1 Å². The molecule has 1 atom stereocenters. The number of hydrogen-bond acceptors (Lipinski definition) is 4. The molecule has 0 spiro atoms. The van der Waals surface area contributed by atoms with Crippen molar-refractivity contribution < 1.29 is 18.0 Å². The van der Waals surface area contributed by atoms with E-state index in [0.29, 0.717) is 6.54 Å². The molecule has 2 amide bonds. The SMILES string of the molecule is CCCCNC(=O)[C@@H](C)N(Cc1cccc(C)c1)C(=O)CN(c1cc(Cl)cc(Cl)c1)S(=O)(=O)c1ccccc1. The van der Waals surface area contributed by atoms with Gasteiger partial charge < -0.3 is 10.2 Å². The third-order valence-electron chi connectivity index (χ3n) is 6.18. The van der Waals surface area contributed by atoms with Gasteiger partial charge in [-0.15, -0.1) is 0 Å². The van der Waals surface area contributed by atoms with Gasteiger partial charge in [0.25, 0.3) is 10.0 Å². The second-order valence-corrected chi connectivity index (χ2v) is 12.0. The van der Waals surface area contributed by atoms with Gasteiger partial charge in [-0.3, -0.25) is 13.9 Å². The van der Waals surface area contributed by atoms with Crippen LogP contribution in [0.5, 0.6) is 0 Å². The van der Waals surface area contributed by atoms with Crippen LogP contribution in [0.1, 0.15) is 37.8 Å². The summed E-state index contributed by atoms with van der Waals surface area (Å²) in [5, 5.41) is 3.31. The molecule has 0 saturated carbocycles. The maximum absolute atomic E-state index is 13.9. The van der Waals surface area contributed by atoms with Crippen LogP contribution in [0.2, 0.25) is 10.0 Å². The quantitative estimate of drug-likeness (QED) is 0.269. The largest absolute Gasteiger partial charge is 0.354 e. The summed E-state index contributed by atoms with van der Waals surface area (Å²) in [7, 11) is -4.19. The highest BCUT2D eigenvalue weighted by Gasteiger charge is 2.32. The van der Waals surface area contributed by atoms with Crippen molar-refractivity contribution in [2.75, 3.05) is 17.4 Å². The number of amides is 2. The predicted octanol–water partition coefficient (Wildman–Crippen LogP) is 5.83. The van der Waals surface area contributed by atoms with Gasteiger partial charge in [-0.1, -0.05) is 84.6 Å². The first-order valence-corrected chi connectivity index (χ1v) is 14.9. The molecule has 0 unspecified atom stereocenters. The van der Waals surface area contributed by atoms with Crippen LogP contribution in [0.4, 0.5) is 5.69 Å². The van der Waals surface area contributed by atoms with Gasteiger partial charge >= 0.3 is 0 Å². The molecule has 208 valence electrons. The third kappa shape index (κ3) is 8.21. The minimum absolute atomic E-state index is 0.00416. The number of benzene rings is 3. The van der Waals surface area contributed by atoms with Crippen molar-refractivity contribution >= 4 is 50.7 Å². The molecule has 3 aromatic carbocycles. The summed E-state index contributed by atoms with van der Waals surface area (Å²) in [5.41, 5.74) is 1.96. The lowest BCUT2D eigenvalue weighted by atomic mass is 10.1. The second-order valence-electron chi connectivity index (χ2n) is 9.28. The normalized spacial score (nSPS) is 12.0. The molecule has 0 aromatic heterocycles. The van der Waals surface area contributed by atoms with E-state index in [4.69, 9.17) is 23.2 Å². The molecule has 3 rings (SSSR count). The lowest BCUT2D eigenvalue weighted by Gasteiger charge is -2.32. The van der Waals surface area contributed by atoms with Crippen LogP contribution >= 0.6 is 23.2 Å². The van der Waals surface area contributed by atoms with Crippen molar-refractivity contribution in [3.05, 3.63) is 94.0 Å². The third-order valence-corrected chi connectivity index (χ3v) is 8.40. The number of rotatable bonds is 12. The number of nitrogens with zero attached hydrogens (tertiary/aromatic N) is 2. The zero-order chi connectivity index (χ0) is 28.6. The topological polar surface area (TPSA) is 86.8 Å². The van der Waals surface area contributed by atoms with E-state index in [1.165, 1.54) is 35.2 Å². The van der Waals surface area contributed by atoms with Crippen LogP contribution < -0.4 is 9.62 Å². The maximum Gasteiger partial charge on any atom is 0.264 e. The Morgan fingerprint density at radius 1 is 0.949 bits per heavy atom. The Kier molecular flexibility index (Phi) is 10.8. The summed E-state index contributed by atoms with van der Waals surface area (Å²) in [6.45, 7) is 5.65. The van der Waals surface area contributed by atoms with Crippen molar-refractivity contribution in [3.63, 3.8) is 0 Å². The summed E-state index contributed by atoms with van der Waals surface area (Å²) >= 11 is 12.4. The van der Waals surface area contributed by atoms with Crippen LogP contribution in [0.3, 0.4) is 0 Å². The molecule has 0 radical (unpaired) electrons. The zero-order valence-electron chi connectivity index (χ0n) is 22.2. The lowest BCUT2D eigenvalue weighted by Crippen LogP contribution is -2.51. The smallest absolute Gasteiger partial charge is 0.264 e. The number of halogens is 2. The first kappa shape index (κ1) is 30.5. The van der Waals surface area contributed by atoms with Crippen molar-refractivity contribution in [1.29, 1.82) is 0 Å². The molecular weight excluding hydrogens is 557 g/mol. The van der Waals surface area contributed by atoms with E-state index in [1.807, 2.05) is 38.1 Å². The summed E-state index contributed by atoms with van der Waals surface area (Å²) in [6.07, 6.45) is 1.72. The second kappa shape index (κ2) is 13.8. The lowest BCUT2D eigenvalue weighted by molar-refractivity contribution is -0.139. The predicted molar refractivity (Wildman–Crippen MR) is 157 cm³/mol. The molecule has 0 heterocycles. The van der Waals surface area contributed by atoms with Gasteiger partial charge in [0.2, 0.25) is 11.8 Å². The van der Waals surface area contributed by atoms with E-state index < -0.39 is 28.5 Å². The van der Waals surface area contributed by atoms with Gasteiger partial charge in [0.05, 0.1) is 10.6 Å². The molecule has 39 heavy (non-hydrogen) atoms. The summed E-state index contributed by atoms with van der Waals surface area (Å²) in [5.74, 6) is -0.863. The van der Waals surface area contributed by atoms with Crippen LogP contribution in [0.25, 0.3) is 0 Å². The van der Waals surface area contributed by atoms with E-state index in [-0.39, 0.29) is 33.1 Å². The zero-order valence-corrected chi connectivity index (χ0v) is 24.6. The molecule has 1 N–H and O–H groups in total. The molecule has 0 aliphatic rings. The fraction of sp³-hybridized carbons (Fsp3) is 0.310. The van der Waals surface area contributed by atoms with Crippen molar-refractivity contribution in [3.8, 4) is 0 Å². The highest BCUT2D eigenvalue weighted by Crippen LogP contribution is 2.30. The van der Waals surface area contributed by atoms with Crippen LogP contribution in [0.15, 0.2) is 77.7 Å². The van der Waals surface area contributed by atoms with Gasteiger partial charge in [0.15, 0.2) is 0 Å². The summed E-state index contributed by atoms with van der Waals surface area (Å²) < 4.78 is 28.5. The van der Waals surface area contributed by atoms with Gasteiger partial charge in [-0.2, -0.15) is 0 Å². The van der Waals surface area contributed by atoms with E-state index in [2.05, 4.69) is 5.32 Å². The van der Waals surface area contributed by atoms with E-state index in [0.717, 1.165) is 28.3 Å². The fourth-order valence-electron chi connectivity index (χ4n) is 4.06. The summed E-state index contributed by atoms with van der Waals surface area (Å²) in [6, 6.07) is 18.9. The minimum atomic E-state index is -4.19. The molecule has 7 nitrogen and oxygen atoms in total.